The lowest BCUT2D eigenvalue weighted by Gasteiger charge is -2.43. The van der Waals surface area contributed by atoms with Crippen LogP contribution in [0.25, 0.3) is 0 Å². The van der Waals surface area contributed by atoms with Gasteiger partial charge in [0.2, 0.25) is 6.79 Å². The average Bonchev–Trinajstić information content (AvgIpc) is 3.33. The highest BCUT2D eigenvalue weighted by molar-refractivity contribution is 5.68. The molecule has 0 bridgehead atoms. The zero-order valence-electron chi connectivity index (χ0n) is 15.8. The number of nitrogens with zero attached hydrogens (tertiary/aromatic N) is 1. The van der Waals surface area contributed by atoms with Crippen LogP contribution in [0.4, 0.5) is 4.79 Å². The first kappa shape index (κ1) is 17.1. The summed E-state index contributed by atoms with van der Waals surface area (Å²) in [4.78, 5) is 14.3. The molecule has 3 fully saturated rings. The van der Waals surface area contributed by atoms with Crippen LogP contribution in [0.1, 0.15) is 38.2 Å². The van der Waals surface area contributed by atoms with Gasteiger partial charge in [-0.2, -0.15) is 0 Å². The third kappa shape index (κ3) is 2.67. The van der Waals surface area contributed by atoms with Gasteiger partial charge in [0.15, 0.2) is 17.3 Å². The summed E-state index contributed by atoms with van der Waals surface area (Å²) in [6.07, 6.45) is 1.48. The highest BCUT2D eigenvalue weighted by Gasteiger charge is 2.57. The minimum Gasteiger partial charge on any atom is -0.454 e. The van der Waals surface area contributed by atoms with Gasteiger partial charge < -0.3 is 28.6 Å². The first-order valence-corrected chi connectivity index (χ1v) is 9.56. The monoisotopic (exact) mass is 375 g/mol. The van der Waals surface area contributed by atoms with Gasteiger partial charge in [0.25, 0.3) is 0 Å². The van der Waals surface area contributed by atoms with E-state index < -0.39 is 5.79 Å². The number of amides is 1. The van der Waals surface area contributed by atoms with E-state index in [1.807, 2.05) is 30.9 Å². The van der Waals surface area contributed by atoms with E-state index >= 15 is 0 Å². The van der Waals surface area contributed by atoms with Gasteiger partial charge in [0, 0.05) is 18.5 Å². The van der Waals surface area contributed by atoms with Crippen molar-refractivity contribution in [3.8, 4) is 11.5 Å². The summed E-state index contributed by atoms with van der Waals surface area (Å²) >= 11 is 0. The number of carbonyl (C=O) groups is 1. The first-order valence-electron chi connectivity index (χ1n) is 9.56. The molecule has 1 aromatic rings. The molecule has 5 rings (SSSR count). The number of fused-ring (bicyclic) bond motifs is 3. The summed E-state index contributed by atoms with van der Waals surface area (Å²) in [6, 6.07) is 6.04. The van der Waals surface area contributed by atoms with Gasteiger partial charge in [-0.1, -0.05) is 6.07 Å². The van der Waals surface area contributed by atoms with E-state index in [4.69, 9.17) is 23.7 Å². The molecule has 1 unspecified atom stereocenters. The number of hydrogen-bond donors (Lipinski definition) is 0. The lowest BCUT2D eigenvalue weighted by molar-refractivity contribution is -0.147. The van der Waals surface area contributed by atoms with E-state index in [1.54, 1.807) is 0 Å². The SMILES string of the molecule is COC(=O)N1CC[C@@H]2CC3OC(C)(C)O[C@@H]3[C@@H](c3ccc4c(c3)OCO4)[C@@H]21. The van der Waals surface area contributed by atoms with Crippen LogP contribution in [0.3, 0.4) is 0 Å². The Kier molecular flexibility index (Phi) is 3.81. The van der Waals surface area contributed by atoms with E-state index in [2.05, 4.69) is 6.07 Å². The fraction of sp³-hybridized carbons (Fsp3) is 0.650. The Bertz CT molecular complexity index is 765. The van der Waals surface area contributed by atoms with Crippen LogP contribution in [-0.4, -0.2) is 55.5 Å². The predicted octanol–water partition coefficient (Wildman–Crippen LogP) is 2.88. The second-order valence-corrected chi connectivity index (χ2v) is 8.22. The Morgan fingerprint density at radius 1 is 1.22 bits per heavy atom. The van der Waals surface area contributed by atoms with E-state index in [0.29, 0.717) is 12.5 Å². The Morgan fingerprint density at radius 2 is 2.04 bits per heavy atom. The topological polar surface area (TPSA) is 66.5 Å². The summed E-state index contributed by atoms with van der Waals surface area (Å²) in [6.45, 7) is 4.85. The van der Waals surface area contributed by atoms with Crippen LogP contribution >= 0.6 is 0 Å². The van der Waals surface area contributed by atoms with Crippen molar-refractivity contribution in [1.82, 2.24) is 4.90 Å². The van der Waals surface area contributed by atoms with Crippen molar-refractivity contribution in [3.05, 3.63) is 23.8 Å². The summed E-state index contributed by atoms with van der Waals surface area (Å²) in [7, 11) is 1.44. The summed E-state index contributed by atoms with van der Waals surface area (Å²) in [5.41, 5.74) is 1.08. The predicted molar refractivity (Wildman–Crippen MR) is 94.8 cm³/mol. The average molecular weight is 375 g/mol. The molecule has 1 aromatic carbocycles. The molecule has 1 saturated carbocycles. The first-order chi connectivity index (χ1) is 13.0. The Hall–Kier alpha value is -1.99. The van der Waals surface area contributed by atoms with Crippen LogP contribution in [0.5, 0.6) is 11.5 Å². The van der Waals surface area contributed by atoms with Crippen LogP contribution in [0.2, 0.25) is 0 Å². The molecular formula is C20H25NO6. The van der Waals surface area contributed by atoms with Crippen LogP contribution in [0, 0.1) is 5.92 Å². The number of methoxy groups -OCH3 is 1. The molecule has 2 saturated heterocycles. The molecule has 0 spiro atoms. The van der Waals surface area contributed by atoms with Crippen molar-refractivity contribution in [1.29, 1.82) is 0 Å². The number of carbonyl (C=O) groups excluding carboxylic acids is 1. The van der Waals surface area contributed by atoms with E-state index in [0.717, 1.165) is 29.9 Å². The van der Waals surface area contributed by atoms with Gasteiger partial charge in [-0.3, -0.25) is 0 Å². The fourth-order valence-corrected chi connectivity index (χ4v) is 5.30. The zero-order chi connectivity index (χ0) is 18.8. The molecule has 0 N–H and O–H groups in total. The van der Waals surface area contributed by atoms with Crippen LogP contribution in [-0.2, 0) is 14.2 Å². The minimum absolute atomic E-state index is 0.00775. The summed E-state index contributed by atoms with van der Waals surface area (Å²) in [5, 5.41) is 0. The molecule has 146 valence electrons. The number of hydrogen-bond acceptors (Lipinski definition) is 6. The maximum absolute atomic E-state index is 12.4. The third-order valence-electron chi connectivity index (χ3n) is 6.25. The van der Waals surface area contributed by atoms with Gasteiger partial charge in [0.1, 0.15) is 0 Å². The van der Waals surface area contributed by atoms with Crippen LogP contribution in [0.15, 0.2) is 18.2 Å². The van der Waals surface area contributed by atoms with Crippen molar-refractivity contribution in [2.24, 2.45) is 5.92 Å². The molecule has 4 aliphatic rings. The fourth-order valence-electron chi connectivity index (χ4n) is 5.30. The van der Waals surface area contributed by atoms with Gasteiger partial charge in [0.05, 0.1) is 19.3 Å². The van der Waals surface area contributed by atoms with Crippen molar-refractivity contribution >= 4 is 6.09 Å². The third-order valence-corrected chi connectivity index (χ3v) is 6.25. The molecule has 0 radical (unpaired) electrons. The molecule has 3 aliphatic heterocycles. The smallest absolute Gasteiger partial charge is 0.409 e. The van der Waals surface area contributed by atoms with Gasteiger partial charge >= 0.3 is 6.09 Å². The molecule has 1 aliphatic carbocycles. The number of ether oxygens (including phenoxy) is 5. The second-order valence-electron chi connectivity index (χ2n) is 8.22. The van der Waals surface area contributed by atoms with Crippen LogP contribution < -0.4 is 9.47 Å². The maximum atomic E-state index is 12.4. The maximum Gasteiger partial charge on any atom is 0.409 e. The molecule has 3 heterocycles. The normalized spacial score (nSPS) is 35.7. The molecular weight excluding hydrogens is 350 g/mol. The Balaban J connectivity index is 1.57. The van der Waals surface area contributed by atoms with Crippen molar-refractivity contribution in [2.45, 2.75) is 56.6 Å². The largest absolute Gasteiger partial charge is 0.454 e. The van der Waals surface area contributed by atoms with Crippen molar-refractivity contribution in [3.63, 3.8) is 0 Å². The quantitative estimate of drug-likeness (QED) is 0.752. The Labute approximate surface area is 158 Å². The molecule has 0 aromatic heterocycles. The highest BCUT2D eigenvalue weighted by Crippen LogP contribution is 2.52. The lowest BCUT2D eigenvalue weighted by Crippen LogP contribution is -2.52. The molecule has 27 heavy (non-hydrogen) atoms. The molecule has 5 atom stereocenters. The van der Waals surface area contributed by atoms with Gasteiger partial charge in [-0.05, 0) is 50.3 Å². The van der Waals surface area contributed by atoms with Gasteiger partial charge in [-0.25, -0.2) is 4.79 Å². The van der Waals surface area contributed by atoms with Crippen molar-refractivity contribution < 1.29 is 28.5 Å². The second kappa shape index (κ2) is 6.01. The van der Waals surface area contributed by atoms with E-state index in [1.165, 1.54) is 7.11 Å². The molecule has 1 amide bonds. The Morgan fingerprint density at radius 3 is 2.85 bits per heavy atom. The van der Waals surface area contributed by atoms with E-state index in [-0.39, 0.29) is 37.1 Å². The standard InChI is InChI=1S/C20H25NO6/c1-20(2)26-15-9-12-6-7-21(19(22)23-3)17(12)16(18(15)27-20)11-4-5-13-14(8-11)25-10-24-13/h4-5,8,12,15-18H,6-7,9-10H2,1-3H3/t12-,15?,16+,17-,18+/m1/s1. The molecule has 7 heteroatoms. The van der Waals surface area contributed by atoms with Gasteiger partial charge in [-0.15, -0.1) is 0 Å². The lowest BCUT2D eigenvalue weighted by atomic mass is 9.71. The summed E-state index contributed by atoms with van der Waals surface area (Å²) < 4.78 is 28.7. The highest BCUT2D eigenvalue weighted by atomic mass is 16.8. The number of likely N-dealkylation sites (tertiary alicyclic amines) is 1. The summed E-state index contributed by atoms with van der Waals surface area (Å²) in [5.74, 6) is 1.22. The van der Waals surface area contributed by atoms with Crippen molar-refractivity contribution in [2.75, 3.05) is 20.4 Å². The van der Waals surface area contributed by atoms with E-state index in [9.17, 15) is 4.79 Å². The zero-order valence-corrected chi connectivity index (χ0v) is 15.8. The number of rotatable bonds is 1. The number of benzene rings is 1. The minimum atomic E-state index is -0.626. The molecule has 7 nitrogen and oxygen atoms in total.